The summed E-state index contributed by atoms with van der Waals surface area (Å²) < 4.78 is 16.2. The molecule has 0 aliphatic carbocycles. The summed E-state index contributed by atoms with van der Waals surface area (Å²) in [5.41, 5.74) is 0. The Hall–Kier alpha value is -0.781. The van der Waals surface area contributed by atoms with Crippen molar-refractivity contribution >= 4 is 28.1 Å². The second kappa shape index (κ2) is 13.4. The number of esters is 1. The molecule has 0 saturated carbocycles. The van der Waals surface area contributed by atoms with Crippen molar-refractivity contribution < 1.29 is 14.3 Å². The molecule has 0 saturated heterocycles. The average Bonchev–Trinajstić information content (AvgIpc) is 2.65. The van der Waals surface area contributed by atoms with Crippen molar-refractivity contribution in [3.63, 3.8) is 0 Å². The summed E-state index contributed by atoms with van der Waals surface area (Å²) in [4.78, 5) is 15.7. The Morgan fingerprint density at radius 3 is 1.96 bits per heavy atom. The van der Waals surface area contributed by atoms with Gasteiger partial charge in [-0.1, -0.05) is 0 Å². The Bertz CT molecular complexity index is 483. The minimum absolute atomic E-state index is 0.274. The number of rotatable bonds is 14. The van der Waals surface area contributed by atoms with Gasteiger partial charge < -0.3 is 0 Å². The molecule has 0 aliphatic rings. The van der Waals surface area contributed by atoms with Gasteiger partial charge in [0, 0.05) is 0 Å². The van der Waals surface area contributed by atoms with Crippen molar-refractivity contribution in [3.8, 4) is 5.75 Å². The zero-order chi connectivity index (χ0) is 19.3. The summed E-state index contributed by atoms with van der Waals surface area (Å²) >= 11 is -2.44. The van der Waals surface area contributed by atoms with Gasteiger partial charge in [0.05, 0.1) is 0 Å². The molecular formula is C21H37NO3Sn. The Kier molecular flexibility index (Phi) is 12.0. The third kappa shape index (κ3) is 8.27. The summed E-state index contributed by atoms with van der Waals surface area (Å²) in [6, 6.07) is 4.30. The first-order valence-corrected chi connectivity index (χ1v) is 17.8. The molecule has 4 nitrogen and oxygen atoms in total. The van der Waals surface area contributed by atoms with E-state index >= 15 is 0 Å². The molecule has 0 aromatic carbocycles. The molecular weight excluding hydrogens is 433 g/mol. The van der Waals surface area contributed by atoms with Crippen LogP contribution in [0.5, 0.6) is 5.75 Å². The van der Waals surface area contributed by atoms with Gasteiger partial charge in [-0.05, 0) is 0 Å². The topological polar surface area (TPSA) is 48.4 Å². The van der Waals surface area contributed by atoms with Crippen LogP contribution >= 0.6 is 0 Å². The van der Waals surface area contributed by atoms with Crippen LogP contribution < -0.4 is 8.45 Å². The predicted octanol–water partition coefficient (Wildman–Crippen LogP) is 5.08. The van der Waals surface area contributed by atoms with Crippen LogP contribution in [0.4, 0.5) is 0 Å². The fourth-order valence-electron chi connectivity index (χ4n) is 3.43. The monoisotopic (exact) mass is 471 g/mol. The summed E-state index contributed by atoms with van der Waals surface area (Å²) in [6.45, 7) is 8.95. The molecule has 0 aliphatic heterocycles. The molecule has 0 unspecified atom stereocenters. The standard InChI is InChI=1S/C9H10NO3.3C4H9.Sn/c1-8(11)12-5-6-13-9-3-2-4-10-7-9;3*1-3-4-2;/h2-3,7H,5-6H2,1H3;3*1,3-4H2,2H3;. The summed E-state index contributed by atoms with van der Waals surface area (Å²) in [5, 5.41) is 0. The number of carbonyl (C=O) groups excluding carboxylic acids is 1. The molecule has 0 fully saturated rings. The van der Waals surface area contributed by atoms with Crippen LogP contribution in [0, 0.1) is 0 Å². The van der Waals surface area contributed by atoms with E-state index in [0.717, 1.165) is 5.75 Å². The van der Waals surface area contributed by atoms with E-state index in [1.165, 1.54) is 62.5 Å². The summed E-state index contributed by atoms with van der Waals surface area (Å²) in [6.07, 6.45) is 9.71. The Labute approximate surface area is 163 Å². The molecule has 1 rings (SSSR count). The van der Waals surface area contributed by atoms with Gasteiger partial charge in [-0.15, -0.1) is 0 Å². The zero-order valence-electron chi connectivity index (χ0n) is 17.2. The fraction of sp³-hybridized carbons (Fsp3) is 0.714. The number of aromatic nitrogens is 1. The molecule has 1 heterocycles. The van der Waals surface area contributed by atoms with E-state index in [4.69, 9.17) is 14.5 Å². The van der Waals surface area contributed by atoms with Gasteiger partial charge in [-0.25, -0.2) is 0 Å². The van der Waals surface area contributed by atoms with E-state index in [2.05, 4.69) is 32.9 Å². The van der Waals surface area contributed by atoms with E-state index < -0.39 is 18.4 Å². The van der Waals surface area contributed by atoms with Crippen LogP contribution in [0.15, 0.2) is 18.3 Å². The van der Waals surface area contributed by atoms with E-state index in [-0.39, 0.29) is 12.6 Å². The molecule has 1 aromatic rings. The molecule has 0 spiro atoms. The predicted molar refractivity (Wildman–Crippen MR) is 111 cm³/mol. The maximum absolute atomic E-state index is 10.8. The van der Waals surface area contributed by atoms with E-state index in [1.807, 2.05) is 6.20 Å². The van der Waals surface area contributed by atoms with Gasteiger partial charge in [0.15, 0.2) is 0 Å². The third-order valence-electron chi connectivity index (χ3n) is 4.96. The number of carbonyl (C=O) groups is 1. The number of pyridine rings is 1. The van der Waals surface area contributed by atoms with Crippen LogP contribution in [0.2, 0.25) is 13.3 Å². The second-order valence-electron chi connectivity index (χ2n) is 7.16. The summed E-state index contributed by atoms with van der Waals surface area (Å²) in [7, 11) is 0. The van der Waals surface area contributed by atoms with Crippen LogP contribution in [0.1, 0.15) is 66.2 Å². The van der Waals surface area contributed by atoms with Crippen LogP contribution in [-0.4, -0.2) is 42.5 Å². The SMILES string of the molecule is CCC[CH2][Sn]([CH2]CCC)([CH2]CCC)[c]1ccc(OCCOC(C)=O)cn1. The Morgan fingerprint density at radius 2 is 1.54 bits per heavy atom. The number of hydrogen-bond acceptors (Lipinski definition) is 4. The Morgan fingerprint density at radius 1 is 0.962 bits per heavy atom. The quantitative estimate of drug-likeness (QED) is 0.216. The van der Waals surface area contributed by atoms with Gasteiger partial charge in [0.2, 0.25) is 0 Å². The van der Waals surface area contributed by atoms with Gasteiger partial charge in [-0.2, -0.15) is 0 Å². The fourth-order valence-corrected chi connectivity index (χ4v) is 18.8. The number of hydrogen-bond donors (Lipinski definition) is 0. The van der Waals surface area contributed by atoms with E-state index in [1.54, 1.807) is 0 Å². The van der Waals surface area contributed by atoms with E-state index in [9.17, 15) is 4.79 Å². The van der Waals surface area contributed by atoms with Crippen molar-refractivity contribution in [2.75, 3.05) is 13.2 Å². The minimum atomic E-state index is -2.44. The number of nitrogens with zero attached hydrogens (tertiary/aromatic N) is 1. The van der Waals surface area contributed by atoms with Gasteiger partial charge >= 0.3 is 164 Å². The molecule has 0 atom stereocenters. The van der Waals surface area contributed by atoms with E-state index in [0.29, 0.717) is 6.61 Å². The Balaban J connectivity index is 2.84. The first-order chi connectivity index (χ1) is 12.6. The molecule has 0 bridgehead atoms. The molecule has 148 valence electrons. The second-order valence-corrected chi connectivity index (χ2v) is 20.2. The molecule has 0 amide bonds. The molecule has 26 heavy (non-hydrogen) atoms. The van der Waals surface area contributed by atoms with Crippen LogP contribution in [0.3, 0.4) is 0 Å². The van der Waals surface area contributed by atoms with Gasteiger partial charge in [-0.3, -0.25) is 0 Å². The third-order valence-corrected chi connectivity index (χ3v) is 20.1. The van der Waals surface area contributed by atoms with Crippen molar-refractivity contribution in [2.45, 2.75) is 79.5 Å². The van der Waals surface area contributed by atoms with Gasteiger partial charge in [0.25, 0.3) is 0 Å². The molecule has 1 aromatic heterocycles. The van der Waals surface area contributed by atoms with Gasteiger partial charge in [0.1, 0.15) is 0 Å². The van der Waals surface area contributed by atoms with Crippen LogP contribution in [-0.2, 0) is 9.53 Å². The molecule has 0 N–H and O–H groups in total. The first kappa shape index (κ1) is 23.3. The molecule has 0 radical (unpaired) electrons. The summed E-state index contributed by atoms with van der Waals surface area (Å²) in [5.74, 6) is 0.492. The zero-order valence-corrected chi connectivity index (χ0v) is 20.0. The average molecular weight is 470 g/mol. The first-order valence-electron chi connectivity index (χ1n) is 10.3. The van der Waals surface area contributed by atoms with Crippen molar-refractivity contribution in [2.24, 2.45) is 0 Å². The normalized spacial score (nSPS) is 11.4. The van der Waals surface area contributed by atoms with Crippen molar-refractivity contribution in [3.05, 3.63) is 18.3 Å². The molecule has 5 heteroatoms. The van der Waals surface area contributed by atoms with Crippen LogP contribution in [0.25, 0.3) is 0 Å². The van der Waals surface area contributed by atoms with Crippen molar-refractivity contribution in [1.29, 1.82) is 0 Å². The maximum atomic E-state index is 10.8. The number of unbranched alkanes of at least 4 members (excludes halogenated alkanes) is 3. The number of ether oxygens (including phenoxy) is 2. The van der Waals surface area contributed by atoms with Crippen molar-refractivity contribution in [1.82, 2.24) is 4.98 Å².